The summed E-state index contributed by atoms with van der Waals surface area (Å²) in [4.78, 5) is 13.1. The number of aromatic nitrogens is 2. The van der Waals surface area contributed by atoms with E-state index in [1.807, 2.05) is 0 Å². The van der Waals surface area contributed by atoms with E-state index >= 15 is 0 Å². The van der Waals surface area contributed by atoms with Gasteiger partial charge in [-0.2, -0.15) is 5.10 Å². The number of anilines is 1. The van der Waals surface area contributed by atoms with Crippen LogP contribution in [0.1, 0.15) is 6.42 Å². The van der Waals surface area contributed by atoms with Gasteiger partial charge in [-0.25, -0.2) is 4.68 Å². The summed E-state index contributed by atoms with van der Waals surface area (Å²) < 4.78 is 1.73. The predicted molar refractivity (Wildman–Crippen MR) is 54.9 cm³/mol. The van der Waals surface area contributed by atoms with Gasteiger partial charge in [-0.15, -0.1) is 11.6 Å². The Morgan fingerprint density at radius 2 is 2.36 bits per heavy atom. The molecule has 1 aromatic heterocycles. The zero-order valence-electron chi connectivity index (χ0n) is 7.41. The Hall–Kier alpha value is -0.740. The second kappa shape index (κ2) is 3.79. The molecule has 76 valence electrons. The Bertz CT molecular complexity index is 363. The minimum absolute atomic E-state index is 0.0263. The lowest BCUT2D eigenvalue weighted by molar-refractivity contribution is -0.116. The summed E-state index contributed by atoms with van der Waals surface area (Å²) >= 11 is 11.4. The highest BCUT2D eigenvalue weighted by Crippen LogP contribution is 2.28. The minimum atomic E-state index is -0.130. The summed E-state index contributed by atoms with van der Waals surface area (Å²) in [5, 5.41) is 4.57. The first-order valence-electron chi connectivity index (χ1n) is 4.31. The van der Waals surface area contributed by atoms with Gasteiger partial charge < -0.3 is 0 Å². The second-order valence-corrected chi connectivity index (χ2v) is 3.75. The number of nitrogens with zero attached hydrogens (tertiary/aromatic N) is 3. The topological polar surface area (TPSA) is 38.1 Å². The van der Waals surface area contributed by atoms with Crippen molar-refractivity contribution in [3.05, 3.63) is 11.2 Å². The van der Waals surface area contributed by atoms with Crippen LogP contribution >= 0.6 is 23.2 Å². The van der Waals surface area contributed by atoms with Crippen LogP contribution in [-0.4, -0.2) is 28.1 Å². The second-order valence-electron chi connectivity index (χ2n) is 3.07. The predicted octanol–water partition coefficient (Wildman–Crippen LogP) is 1.51. The molecular weight excluding hydrogens is 225 g/mol. The van der Waals surface area contributed by atoms with Gasteiger partial charge in [0, 0.05) is 13.1 Å². The van der Waals surface area contributed by atoms with Gasteiger partial charge in [-0.05, 0) is 6.42 Å². The summed E-state index contributed by atoms with van der Waals surface area (Å²) in [5.41, 5.74) is 0. The van der Waals surface area contributed by atoms with Gasteiger partial charge in [0.1, 0.15) is 10.9 Å². The molecule has 1 aliphatic heterocycles. The van der Waals surface area contributed by atoms with Crippen molar-refractivity contribution in [3.63, 3.8) is 0 Å². The summed E-state index contributed by atoms with van der Waals surface area (Å²) in [6, 6.07) is 0. The molecule has 6 heteroatoms. The van der Waals surface area contributed by atoms with E-state index in [1.165, 1.54) is 0 Å². The number of fused-ring (bicyclic) bond motifs is 1. The van der Waals surface area contributed by atoms with E-state index in [4.69, 9.17) is 23.2 Å². The Morgan fingerprint density at radius 1 is 1.57 bits per heavy atom. The van der Waals surface area contributed by atoms with E-state index in [-0.39, 0.29) is 11.8 Å². The Balaban J connectivity index is 2.38. The van der Waals surface area contributed by atoms with Crippen molar-refractivity contribution in [1.29, 1.82) is 0 Å². The summed E-state index contributed by atoms with van der Waals surface area (Å²) in [7, 11) is 0. The number of aryl methyl sites for hydroxylation is 1. The van der Waals surface area contributed by atoms with Crippen LogP contribution in [0, 0.1) is 0 Å². The monoisotopic (exact) mass is 233 g/mol. The van der Waals surface area contributed by atoms with Crippen molar-refractivity contribution >= 4 is 34.9 Å². The van der Waals surface area contributed by atoms with E-state index < -0.39 is 0 Å². The third-order valence-electron chi connectivity index (χ3n) is 2.19. The van der Waals surface area contributed by atoms with Crippen molar-refractivity contribution in [1.82, 2.24) is 9.78 Å². The molecule has 0 N–H and O–H groups in total. The maximum Gasteiger partial charge on any atom is 0.243 e. The highest BCUT2D eigenvalue weighted by molar-refractivity contribution is 6.34. The van der Waals surface area contributed by atoms with Crippen LogP contribution in [0.15, 0.2) is 6.20 Å². The van der Waals surface area contributed by atoms with E-state index in [0.717, 1.165) is 13.0 Å². The molecule has 0 spiro atoms. The number of hydrogen-bond acceptors (Lipinski definition) is 2. The lowest BCUT2D eigenvalue weighted by Crippen LogP contribution is -2.38. The molecule has 1 amide bonds. The molecular formula is C8H9Cl2N3O. The van der Waals surface area contributed by atoms with Crippen LogP contribution in [0.2, 0.25) is 5.02 Å². The highest BCUT2D eigenvalue weighted by Gasteiger charge is 2.25. The number of carbonyl (C=O) groups is 1. The van der Waals surface area contributed by atoms with Gasteiger partial charge in [0.05, 0.1) is 6.20 Å². The Kier molecular flexibility index (Phi) is 2.65. The highest BCUT2D eigenvalue weighted by atomic mass is 35.5. The Morgan fingerprint density at radius 3 is 3.07 bits per heavy atom. The zero-order chi connectivity index (χ0) is 10.1. The summed E-state index contributed by atoms with van der Waals surface area (Å²) in [6.45, 7) is 1.46. The first-order valence-corrected chi connectivity index (χ1v) is 5.23. The molecule has 1 aromatic rings. The van der Waals surface area contributed by atoms with Gasteiger partial charge in [0.25, 0.3) is 0 Å². The maximum atomic E-state index is 11.5. The van der Waals surface area contributed by atoms with Crippen molar-refractivity contribution in [2.45, 2.75) is 13.0 Å². The summed E-state index contributed by atoms with van der Waals surface area (Å²) in [6.07, 6.45) is 2.43. The molecule has 14 heavy (non-hydrogen) atoms. The molecule has 0 unspecified atom stereocenters. The number of alkyl halides is 1. The molecule has 0 atom stereocenters. The van der Waals surface area contributed by atoms with Crippen LogP contribution < -0.4 is 4.90 Å². The van der Waals surface area contributed by atoms with Crippen molar-refractivity contribution < 1.29 is 4.79 Å². The fourth-order valence-electron chi connectivity index (χ4n) is 1.59. The van der Waals surface area contributed by atoms with Gasteiger partial charge in [0.15, 0.2) is 5.82 Å². The number of hydrogen-bond donors (Lipinski definition) is 0. The molecule has 0 aliphatic carbocycles. The van der Waals surface area contributed by atoms with E-state index in [1.54, 1.807) is 15.8 Å². The SMILES string of the molecule is O=C(CCl)N1CCCn2ncc(Cl)c21. The van der Waals surface area contributed by atoms with Crippen LogP contribution in [0.25, 0.3) is 0 Å². The molecule has 0 saturated heterocycles. The summed E-state index contributed by atoms with van der Waals surface area (Å²) in [5.74, 6) is 0.514. The number of halogens is 2. The molecule has 0 bridgehead atoms. The third-order valence-corrected chi connectivity index (χ3v) is 2.69. The molecule has 0 saturated carbocycles. The standard InChI is InChI=1S/C8H9Cl2N3O/c9-4-7(14)12-2-1-3-13-8(12)6(10)5-11-13/h5H,1-4H2. The lowest BCUT2D eigenvalue weighted by atomic mass is 10.3. The largest absolute Gasteiger partial charge is 0.295 e. The molecule has 1 aliphatic rings. The maximum absolute atomic E-state index is 11.5. The molecule has 2 heterocycles. The molecule has 0 radical (unpaired) electrons. The quantitative estimate of drug-likeness (QED) is 0.691. The van der Waals surface area contributed by atoms with Crippen LogP contribution in [0.4, 0.5) is 5.82 Å². The van der Waals surface area contributed by atoms with Crippen LogP contribution in [0.5, 0.6) is 0 Å². The molecule has 4 nitrogen and oxygen atoms in total. The van der Waals surface area contributed by atoms with Crippen molar-refractivity contribution in [3.8, 4) is 0 Å². The average molecular weight is 234 g/mol. The van der Waals surface area contributed by atoms with Crippen LogP contribution in [-0.2, 0) is 11.3 Å². The first-order chi connectivity index (χ1) is 6.74. The average Bonchev–Trinajstić information content (AvgIpc) is 2.59. The fourth-order valence-corrected chi connectivity index (χ4v) is 1.97. The number of carbonyl (C=O) groups excluding carboxylic acids is 1. The fraction of sp³-hybridized carbons (Fsp3) is 0.500. The van der Waals surface area contributed by atoms with E-state index in [0.29, 0.717) is 17.4 Å². The normalized spacial score (nSPS) is 15.4. The van der Waals surface area contributed by atoms with E-state index in [2.05, 4.69) is 5.10 Å². The third kappa shape index (κ3) is 1.48. The molecule has 2 rings (SSSR count). The van der Waals surface area contributed by atoms with Crippen molar-refractivity contribution in [2.24, 2.45) is 0 Å². The van der Waals surface area contributed by atoms with E-state index in [9.17, 15) is 4.79 Å². The smallest absolute Gasteiger partial charge is 0.243 e. The van der Waals surface area contributed by atoms with Gasteiger partial charge in [0.2, 0.25) is 5.91 Å². The zero-order valence-corrected chi connectivity index (χ0v) is 8.92. The van der Waals surface area contributed by atoms with Gasteiger partial charge >= 0.3 is 0 Å². The lowest BCUT2D eigenvalue weighted by Gasteiger charge is -2.27. The minimum Gasteiger partial charge on any atom is -0.295 e. The van der Waals surface area contributed by atoms with Crippen LogP contribution in [0.3, 0.4) is 0 Å². The van der Waals surface area contributed by atoms with Crippen molar-refractivity contribution in [2.75, 3.05) is 17.3 Å². The molecule has 0 aromatic carbocycles. The number of amides is 1. The first kappa shape index (κ1) is 9.80. The van der Waals surface area contributed by atoms with Gasteiger partial charge in [-0.3, -0.25) is 9.69 Å². The Labute approximate surface area is 91.4 Å². The number of rotatable bonds is 1. The molecule has 0 fully saturated rings. The van der Waals surface area contributed by atoms with Gasteiger partial charge in [-0.1, -0.05) is 11.6 Å².